The monoisotopic (exact) mass is 311 g/mol. The van der Waals surface area contributed by atoms with Gasteiger partial charge in [0.2, 0.25) is 0 Å². The van der Waals surface area contributed by atoms with Gasteiger partial charge in [-0.3, -0.25) is 0 Å². The summed E-state index contributed by atoms with van der Waals surface area (Å²) >= 11 is 6.61. The molecule has 1 unspecified atom stereocenters. The third-order valence-corrected chi connectivity index (χ3v) is 3.61. The molecule has 0 aliphatic carbocycles. The van der Waals surface area contributed by atoms with Gasteiger partial charge in [0, 0.05) is 19.6 Å². The number of halogens is 1. The van der Waals surface area contributed by atoms with Gasteiger partial charge in [0.25, 0.3) is 0 Å². The summed E-state index contributed by atoms with van der Waals surface area (Å²) in [6.45, 7) is 14.8. The molecule has 120 valence electrons. The van der Waals surface area contributed by atoms with Gasteiger partial charge >= 0.3 is 0 Å². The van der Waals surface area contributed by atoms with Crippen LogP contribution in [0.1, 0.15) is 45.6 Å². The highest BCUT2D eigenvalue weighted by atomic mass is 35.5. The van der Waals surface area contributed by atoms with Crippen LogP contribution in [0.5, 0.6) is 5.75 Å². The maximum absolute atomic E-state index is 6.61. The van der Waals surface area contributed by atoms with Gasteiger partial charge in [-0.05, 0) is 36.5 Å². The highest BCUT2D eigenvalue weighted by molar-refractivity contribution is 6.21. The number of hydrogen-bond acceptors (Lipinski definition) is 2. The van der Waals surface area contributed by atoms with Crippen LogP contribution >= 0.6 is 11.6 Å². The zero-order valence-corrected chi connectivity index (χ0v) is 14.9. The van der Waals surface area contributed by atoms with Crippen molar-refractivity contribution < 1.29 is 4.74 Å². The lowest BCUT2D eigenvalue weighted by Gasteiger charge is -2.28. The average molecular weight is 312 g/mol. The standard InChI is InChI=1S/C18H30ClNO/c1-6-21-17-9-7-16(8-10-17)18(19)13-20(11-14(2)3)12-15(4)5/h7-10,14-15,18H,6,11-13H2,1-5H3. The predicted octanol–water partition coefficient (Wildman–Crippen LogP) is 4.98. The molecule has 1 rings (SSSR count). The quantitative estimate of drug-likeness (QED) is 0.596. The molecule has 0 bridgehead atoms. The first-order valence-electron chi connectivity index (χ1n) is 8.01. The second-order valence-electron chi connectivity index (χ2n) is 6.48. The summed E-state index contributed by atoms with van der Waals surface area (Å²) in [5.74, 6) is 2.23. The van der Waals surface area contributed by atoms with E-state index in [0.29, 0.717) is 18.4 Å². The molecule has 0 aliphatic heterocycles. The minimum Gasteiger partial charge on any atom is -0.494 e. The molecule has 0 aliphatic rings. The van der Waals surface area contributed by atoms with Crippen molar-refractivity contribution in [2.75, 3.05) is 26.2 Å². The number of benzene rings is 1. The van der Waals surface area contributed by atoms with Gasteiger partial charge in [0.05, 0.1) is 12.0 Å². The van der Waals surface area contributed by atoms with Gasteiger partial charge < -0.3 is 9.64 Å². The van der Waals surface area contributed by atoms with Crippen LogP contribution < -0.4 is 4.74 Å². The summed E-state index contributed by atoms with van der Waals surface area (Å²) in [4.78, 5) is 2.48. The van der Waals surface area contributed by atoms with E-state index >= 15 is 0 Å². The lowest BCUT2D eigenvalue weighted by atomic mass is 10.1. The van der Waals surface area contributed by atoms with Crippen molar-refractivity contribution in [3.05, 3.63) is 29.8 Å². The Morgan fingerprint density at radius 2 is 1.48 bits per heavy atom. The van der Waals surface area contributed by atoms with E-state index in [1.165, 1.54) is 0 Å². The van der Waals surface area contributed by atoms with Crippen LogP contribution in [0.25, 0.3) is 0 Å². The van der Waals surface area contributed by atoms with Gasteiger partial charge in [-0.25, -0.2) is 0 Å². The Morgan fingerprint density at radius 1 is 0.952 bits per heavy atom. The molecule has 0 radical (unpaired) electrons. The molecule has 0 aromatic heterocycles. The van der Waals surface area contributed by atoms with Gasteiger partial charge in [0.1, 0.15) is 5.75 Å². The van der Waals surface area contributed by atoms with E-state index in [9.17, 15) is 0 Å². The van der Waals surface area contributed by atoms with Crippen molar-refractivity contribution >= 4 is 11.6 Å². The number of alkyl halides is 1. The van der Waals surface area contributed by atoms with Crippen LogP contribution in [-0.4, -0.2) is 31.1 Å². The van der Waals surface area contributed by atoms with Gasteiger partial charge in [-0.2, -0.15) is 0 Å². The highest BCUT2D eigenvalue weighted by Crippen LogP contribution is 2.24. The smallest absolute Gasteiger partial charge is 0.119 e. The first-order valence-corrected chi connectivity index (χ1v) is 8.45. The molecule has 0 heterocycles. The van der Waals surface area contributed by atoms with Crippen LogP contribution in [0.2, 0.25) is 0 Å². The lowest BCUT2D eigenvalue weighted by Crippen LogP contribution is -2.34. The van der Waals surface area contributed by atoms with Crippen molar-refractivity contribution in [3.63, 3.8) is 0 Å². The summed E-state index contributed by atoms with van der Waals surface area (Å²) < 4.78 is 5.47. The molecular formula is C18H30ClNO. The van der Waals surface area contributed by atoms with Crippen LogP contribution in [0.15, 0.2) is 24.3 Å². The molecule has 1 atom stereocenters. The topological polar surface area (TPSA) is 12.5 Å². The maximum Gasteiger partial charge on any atom is 0.119 e. The highest BCUT2D eigenvalue weighted by Gasteiger charge is 2.16. The number of ether oxygens (including phenoxy) is 1. The van der Waals surface area contributed by atoms with E-state index in [4.69, 9.17) is 16.3 Å². The molecule has 2 nitrogen and oxygen atoms in total. The Kier molecular flexibility index (Phi) is 8.13. The molecule has 0 spiro atoms. The zero-order chi connectivity index (χ0) is 15.8. The van der Waals surface area contributed by atoms with Crippen molar-refractivity contribution in [1.29, 1.82) is 0 Å². The second kappa shape index (κ2) is 9.32. The molecule has 0 N–H and O–H groups in total. The van der Waals surface area contributed by atoms with Crippen LogP contribution in [0.3, 0.4) is 0 Å². The maximum atomic E-state index is 6.61. The first kappa shape index (κ1) is 18.3. The van der Waals surface area contributed by atoms with Crippen molar-refractivity contribution in [3.8, 4) is 5.75 Å². The summed E-state index contributed by atoms with van der Waals surface area (Å²) in [5.41, 5.74) is 1.16. The molecule has 21 heavy (non-hydrogen) atoms. The molecule has 0 saturated heterocycles. The van der Waals surface area contributed by atoms with Gasteiger partial charge in [-0.15, -0.1) is 11.6 Å². The van der Waals surface area contributed by atoms with Crippen LogP contribution in [0, 0.1) is 11.8 Å². The van der Waals surface area contributed by atoms with Crippen molar-refractivity contribution in [2.45, 2.75) is 40.0 Å². The first-order chi connectivity index (χ1) is 9.92. The fraction of sp³-hybridized carbons (Fsp3) is 0.667. The largest absolute Gasteiger partial charge is 0.494 e. The Hall–Kier alpha value is -0.730. The molecule has 0 saturated carbocycles. The molecule has 1 aromatic carbocycles. The minimum atomic E-state index is 0.0261. The van der Waals surface area contributed by atoms with E-state index in [1.54, 1.807) is 0 Å². The fourth-order valence-corrected chi connectivity index (χ4v) is 2.87. The normalized spacial score (nSPS) is 13.2. The minimum absolute atomic E-state index is 0.0261. The number of rotatable bonds is 9. The third kappa shape index (κ3) is 7.19. The van der Waals surface area contributed by atoms with Crippen LogP contribution in [-0.2, 0) is 0 Å². The summed E-state index contributed by atoms with van der Waals surface area (Å²) in [6.07, 6.45) is 0. The zero-order valence-electron chi connectivity index (χ0n) is 14.1. The molecule has 0 amide bonds. The van der Waals surface area contributed by atoms with E-state index < -0.39 is 0 Å². The Bertz CT molecular complexity index is 379. The molecule has 0 fully saturated rings. The van der Waals surface area contributed by atoms with Gasteiger partial charge in [-0.1, -0.05) is 39.8 Å². The number of hydrogen-bond donors (Lipinski definition) is 0. The van der Waals surface area contributed by atoms with Crippen molar-refractivity contribution in [1.82, 2.24) is 4.90 Å². The van der Waals surface area contributed by atoms with Crippen LogP contribution in [0.4, 0.5) is 0 Å². The predicted molar refractivity (Wildman–Crippen MR) is 92.3 cm³/mol. The van der Waals surface area contributed by atoms with Gasteiger partial charge in [0.15, 0.2) is 0 Å². The lowest BCUT2D eigenvalue weighted by molar-refractivity contribution is 0.219. The fourth-order valence-electron chi connectivity index (χ4n) is 2.53. The van der Waals surface area contributed by atoms with E-state index in [-0.39, 0.29) is 5.38 Å². The van der Waals surface area contributed by atoms with E-state index in [0.717, 1.165) is 30.9 Å². The summed E-state index contributed by atoms with van der Waals surface area (Å²) in [7, 11) is 0. The summed E-state index contributed by atoms with van der Waals surface area (Å²) in [5, 5.41) is 0.0261. The summed E-state index contributed by atoms with van der Waals surface area (Å²) in [6, 6.07) is 8.16. The van der Waals surface area contributed by atoms with E-state index in [2.05, 4.69) is 44.7 Å². The van der Waals surface area contributed by atoms with E-state index in [1.807, 2.05) is 19.1 Å². The molecular weight excluding hydrogens is 282 g/mol. The Labute approximate surface area is 135 Å². The number of nitrogens with zero attached hydrogens (tertiary/aromatic N) is 1. The Morgan fingerprint density at radius 3 is 1.90 bits per heavy atom. The van der Waals surface area contributed by atoms with Crippen molar-refractivity contribution in [2.24, 2.45) is 11.8 Å². The molecule has 1 aromatic rings. The average Bonchev–Trinajstić information content (AvgIpc) is 2.38. The third-order valence-electron chi connectivity index (χ3n) is 3.22. The Balaban J connectivity index is 2.64. The SMILES string of the molecule is CCOc1ccc(C(Cl)CN(CC(C)C)CC(C)C)cc1. The molecule has 3 heteroatoms. The second-order valence-corrected chi connectivity index (χ2v) is 7.00.